The van der Waals surface area contributed by atoms with E-state index in [1.807, 2.05) is 36.4 Å². The van der Waals surface area contributed by atoms with Gasteiger partial charge in [-0.3, -0.25) is 19.5 Å². The number of ether oxygens (including phenoxy) is 1. The lowest BCUT2D eigenvalue weighted by molar-refractivity contribution is -0.140. The van der Waals surface area contributed by atoms with Crippen LogP contribution in [0.1, 0.15) is 40.5 Å². The molecule has 178 valence electrons. The van der Waals surface area contributed by atoms with Crippen LogP contribution in [0.25, 0.3) is 10.9 Å². The van der Waals surface area contributed by atoms with Crippen molar-refractivity contribution in [1.82, 2.24) is 9.88 Å². The molecule has 0 aliphatic carbocycles. The fraction of sp³-hybridized carbons (Fsp3) is 0.250. The Balaban J connectivity index is 1.54. The predicted molar refractivity (Wildman–Crippen MR) is 131 cm³/mol. The van der Waals surface area contributed by atoms with Crippen LogP contribution in [0.5, 0.6) is 5.75 Å². The molecule has 1 aliphatic heterocycles. The number of pyridine rings is 1. The van der Waals surface area contributed by atoms with Crippen molar-refractivity contribution in [2.45, 2.75) is 31.8 Å². The van der Waals surface area contributed by atoms with Gasteiger partial charge in [-0.1, -0.05) is 42.5 Å². The molecule has 2 aromatic carbocycles. The number of esters is 1. The number of aromatic nitrogens is 1. The number of carbonyl (C=O) groups excluding carboxylic acids is 1. The summed E-state index contributed by atoms with van der Waals surface area (Å²) in [6.07, 6.45) is 2.47. The van der Waals surface area contributed by atoms with Gasteiger partial charge in [0, 0.05) is 30.7 Å². The molecule has 2 aromatic heterocycles. The van der Waals surface area contributed by atoms with Crippen molar-refractivity contribution in [1.29, 1.82) is 0 Å². The topological polar surface area (TPSA) is 92.9 Å². The largest absolute Gasteiger partial charge is 0.502 e. The summed E-state index contributed by atoms with van der Waals surface area (Å²) in [5.41, 5.74) is 3.52. The highest BCUT2D eigenvalue weighted by Crippen LogP contribution is 2.36. The van der Waals surface area contributed by atoms with Crippen LogP contribution in [-0.4, -0.2) is 34.6 Å². The minimum atomic E-state index is -0.718. The molecule has 0 saturated heterocycles. The molecule has 7 heteroatoms. The number of hydrogen-bond donors (Lipinski definition) is 1. The summed E-state index contributed by atoms with van der Waals surface area (Å²) in [4.78, 5) is 31.8. The lowest BCUT2D eigenvalue weighted by Crippen LogP contribution is -2.30. The second-order valence-electron chi connectivity index (χ2n) is 8.77. The molecule has 0 saturated carbocycles. The number of methoxy groups -OCH3 is 1. The molecule has 0 radical (unpaired) electrons. The van der Waals surface area contributed by atoms with Crippen molar-refractivity contribution in [3.05, 3.63) is 105 Å². The van der Waals surface area contributed by atoms with E-state index in [1.54, 1.807) is 12.3 Å². The number of carbonyl (C=O) groups is 1. The summed E-state index contributed by atoms with van der Waals surface area (Å²) in [6.45, 7) is 1.99. The van der Waals surface area contributed by atoms with Gasteiger partial charge in [0.1, 0.15) is 5.76 Å². The van der Waals surface area contributed by atoms with E-state index in [0.717, 1.165) is 36.0 Å². The van der Waals surface area contributed by atoms with E-state index in [1.165, 1.54) is 24.3 Å². The first-order chi connectivity index (χ1) is 17.0. The van der Waals surface area contributed by atoms with Gasteiger partial charge in [0.25, 0.3) is 0 Å². The van der Waals surface area contributed by atoms with E-state index in [2.05, 4.69) is 22.0 Å². The summed E-state index contributed by atoms with van der Waals surface area (Å²) in [6, 6.07) is 19.0. The monoisotopic (exact) mass is 470 g/mol. The average molecular weight is 471 g/mol. The number of hydrogen-bond acceptors (Lipinski definition) is 7. The number of para-hydroxylation sites is 1. The SMILES string of the molecule is COC(=O)CC(c1oc(CN2CCc3ccccc3C2)cc(=O)c1O)c1ccnc2ccccc12. The van der Waals surface area contributed by atoms with Gasteiger partial charge >= 0.3 is 5.97 Å². The zero-order valence-electron chi connectivity index (χ0n) is 19.4. The zero-order chi connectivity index (χ0) is 24.4. The van der Waals surface area contributed by atoms with Crippen LogP contribution in [0.15, 0.2) is 76.1 Å². The molecular weight excluding hydrogens is 444 g/mol. The fourth-order valence-electron chi connectivity index (χ4n) is 4.79. The maximum atomic E-state index is 12.8. The molecule has 7 nitrogen and oxygen atoms in total. The molecule has 0 amide bonds. The Bertz CT molecular complexity index is 1440. The smallest absolute Gasteiger partial charge is 0.306 e. The van der Waals surface area contributed by atoms with Gasteiger partial charge in [-0.25, -0.2) is 0 Å². The van der Waals surface area contributed by atoms with E-state index in [0.29, 0.717) is 12.3 Å². The number of benzene rings is 2. The van der Waals surface area contributed by atoms with Crippen LogP contribution in [-0.2, 0) is 29.0 Å². The molecule has 4 aromatic rings. The highest BCUT2D eigenvalue weighted by atomic mass is 16.5. The van der Waals surface area contributed by atoms with Gasteiger partial charge < -0.3 is 14.3 Å². The summed E-state index contributed by atoms with van der Waals surface area (Å²) in [7, 11) is 1.31. The number of rotatable bonds is 6. The highest BCUT2D eigenvalue weighted by Gasteiger charge is 2.28. The molecule has 3 heterocycles. The summed E-state index contributed by atoms with van der Waals surface area (Å²) >= 11 is 0. The molecule has 0 bridgehead atoms. The van der Waals surface area contributed by atoms with Crippen molar-refractivity contribution in [2.75, 3.05) is 13.7 Å². The number of fused-ring (bicyclic) bond motifs is 2. The van der Waals surface area contributed by atoms with Gasteiger partial charge in [0.2, 0.25) is 11.2 Å². The average Bonchev–Trinajstić information content (AvgIpc) is 2.89. The Labute approximate surface area is 202 Å². The van der Waals surface area contributed by atoms with Gasteiger partial charge in [-0.05, 0) is 35.2 Å². The standard InChI is InChI=1S/C28H26N2O5/c1-34-26(32)15-23(21-10-12-29-24-9-5-4-8-22(21)24)28-27(33)25(31)14-20(35-28)17-30-13-11-18-6-2-3-7-19(18)16-30/h2-10,12,14,23,33H,11,13,15-17H2,1H3. The molecule has 35 heavy (non-hydrogen) atoms. The van der Waals surface area contributed by atoms with Crippen LogP contribution in [0, 0.1) is 0 Å². The number of aromatic hydroxyl groups is 1. The molecule has 1 unspecified atom stereocenters. The molecule has 1 aliphatic rings. The van der Waals surface area contributed by atoms with E-state index in [9.17, 15) is 14.7 Å². The van der Waals surface area contributed by atoms with Crippen molar-refractivity contribution in [3.8, 4) is 5.75 Å². The lowest BCUT2D eigenvalue weighted by Gasteiger charge is -2.28. The molecule has 1 atom stereocenters. The molecular formula is C28H26N2O5. The summed E-state index contributed by atoms with van der Waals surface area (Å²) < 4.78 is 11.1. The maximum Gasteiger partial charge on any atom is 0.306 e. The maximum absolute atomic E-state index is 12.8. The highest BCUT2D eigenvalue weighted by molar-refractivity contribution is 5.84. The first-order valence-electron chi connectivity index (χ1n) is 11.6. The molecule has 5 rings (SSSR count). The van der Waals surface area contributed by atoms with Crippen LogP contribution in [0.2, 0.25) is 0 Å². The second kappa shape index (κ2) is 9.72. The van der Waals surface area contributed by atoms with Crippen LogP contribution in [0.3, 0.4) is 0 Å². The first kappa shape index (κ1) is 22.8. The Hall–Kier alpha value is -3.97. The Morgan fingerprint density at radius 2 is 1.91 bits per heavy atom. The third kappa shape index (κ3) is 4.68. The second-order valence-corrected chi connectivity index (χ2v) is 8.77. The summed E-state index contributed by atoms with van der Waals surface area (Å²) in [5.74, 6) is -1.18. The minimum absolute atomic E-state index is 0.0617. The van der Waals surface area contributed by atoms with Crippen molar-refractivity contribution >= 4 is 16.9 Å². The van der Waals surface area contributed by atoms with Gasteiger partial charge in [-0.2, -0.15) is 0 Å². The normalized spacial score (nSPS) is 14.4. The van der Waals surface area contributed by atoms with Crippen LogP contribution >= 0.6 is 0 Å². The lowest BCUT2D eigenvalue weighted by atomic mass is 9.90. The van der Waals surface area contributed by atoms with Crippen LogP contribution < -0.4 is 5.43 Å². The van der Waals surface area contributed by atoms with Crippen molar-refractivity contribution < 1.29 is 19.1 Å². The third-order valence-electron chi connectivity index (χ3n) is 6.56. The third-order valence-corrected chi connectivity index (χ3v) is 6.56. The van der Waals surface area contributed by atoms with Gasteiger partial charge in [0.15, 0.2) is 5.76 Å². The van der Waals surface area contributed by atoms with Crippen LogP contribution in [0.4, 0.5) is 0 Å². The Morgan fingerprint density at radius 3 is 2.74 bits per heavy atom. The first-order valence-corrected chi connectivity index (χ1v) is 11.6. The molecule has 0 spiro atoms. The van der Waals surface area contributed by atoms with E-state index >= 15 is 0 Å². The van der Waals surface area contributed by atoms with Crippen molar-refractivity contribution in [2.24, 2.45) is 0 Å². The zero-order valence-corrected chi connectivity index (χ0v) is 19.4. The number of nitrogens with zero attached hydrogens (tertiary/aromatic N) is 2. The quantitative estimate of drug-likeness (QED) is 0.423. The summed E-state index contributed by atoms with van der Waals surface area (Å²) in [5, 5.41) is 11.6. The van der Waals surface area contributed by atoms with E-state index in [-0.39, 0.29) is 12.2 Å². The van der Waals surface area contributed by atoms with E-state index in [4.69, 9.17) is 9.15 Å². The van der Waals surface area contributed by atoms with E-state index < -0.39 is 23.1 Å². The van der Waals surface area contributed by atoms with Gasteiger partial charge in [-0.15, -0.1) is 0 Å². The fourth-order valence-corrected chi connectivity index (χ4v) is 4.79. The molecule has 1 N–H and O–H groups in total. The van der Waals surface area contributed by atoms with Crippen molar-refractivity contribution in [3.63, 3.8) is 0 Å². The Kier molecular flexibility index (Phi) is 6.33. The predicted octanol–water partition coefficient (Wildman–Crippen LogP) is 4.15. The molecule has 0 fully saturated rings. The Morgan fingerprint density at radius 1 is 1.14 bits per heavy atom. The minimum Gasteiger partial charge on any atom is -0.502 e. The van der Waals surface area contributed by atoms with Gasteiger partial charge in [0.05, 0.1) is 31.5 Å².